The Morgan fingerprint density at radius 1 is 1.38 bits per heavy atom. The minimum Gasteiger partial charge on any atom is -0.304 e. The third kappa shape index (κ3) is 3.35. The molecule has 5 nitrogen and oxygen atoms in total. The minimum absolute atomic E-state index is 0.129. The molecular weight excluding hydrogens is 284 g/mol. The number of nitrogens with one attached hydrogen (secondary N) is 1. The van der Waals surface area contributed by atoms with Crippen molar-refractivity contribution in [1.82, 2.24) is 14.8 Å². The predicted molar refractivity (Wildman–Crippen MR) is 82.6 cm³/mol. The van der Waals surface area contributed by atoms with Gasteiger partial charge < -0.3 is 5.32 Å². The van der Waals surface area contributed by atoms with E-state index in [2.05, 4.69) is 15.4 Å². The van der Waals surface area contributed by atoms with E-state index < -0.39 is 0 Å². The van der Waals surface area contributed by atoms with Gasteiger partial charge in [-0.05, 0) is 36.1 Å². The van der Waals surface area contributed by atoms with Crippen molar-refractivity contribution in [3.8, 4) is 0 Å². The van der Waals surface area contributed by atoms with Crippen molar-refractivity contribution in [2.45, 2.75) is 13.5 Å². The van der Waals surface area contributed by atoms with Gasteiger partial charge in [0.05, 0.1) is 17.1 Å². The molecule has 3 aromatic rings. The van der Waals surface area contributed by atoms with E-state index in [0.29, 0.717) is 17.2 Å². The van der Waals surface area contributed by atoms with Crippen LogP contribution >= 0.6 is 11.3 Å². The number of nitrogens with zero attached hydrogens (tertiary/aromatic N) is 3. The molecule has 0 bridgehead atoms. The lowest BCUT2D eigenvalue weighted by molar-refractivity contribution is 0.103. The van der Waals surface area contributed by atoms with Gasteiger partial charge in [-0.25, -0.2) is 0 Å². The van der Waals surface area contributed by atoms with Crippen molar-refractivity contribution >= 4 is 23.1 Å². The quantitative estimate of drug-likeness (QED) is 0.805. The van der Waals surface area contributed by atoms with Crippen molar-refractivity contribution in [1.29, 1.82) is 0 Å². The SMILES string of the molecule is Cc1csc(C(=O)Nc2ccn(Cc3ccccn3)n2)c1. The van der Waals surface area contributed by atoms with Gasteiger partial charge in [0.15, 0.2) is 5.82 Å². The average Bonchev–Trinajstić information content (AvgIpc) is 3.09. The summed E-state index contributed by atoms with van der Waals surface area (Å²) in [6.07, 6.45) is 3.57. The molecule has 21 heavy (non-hydrogen) atoms. The molecule has 0 saturated heterocycles. The van der Waals surface area contributed by atoms with Crippen LogP contribution in [0.5, 0.6) is 0 Å². The lowest BCUT2D eigenvalue weighted by atomic mass is 10.3. The van der Waals surface area contributed by atoms with Gasteiger partial charge in [-0.2, -0.15) is 5.10 Å². The fourth-order valence-corrected chi connectivity index (χ4v) is 2.70. The fourth-order valence-electron chi connectivity index (χ4n) is 1.90. The number of pyridine rings is 1. The highest BCUT2D eigenvalue weighted by Crippen LogP contribution is 2.15. The number of hydrogen-bond donors (Lipinski definition) is 1. The van der Waals surface area contributed by atoms with Gasteiger partial charge in [-0.1, -0.05) is 6.07 Å². The third-order valence-electron chi connectivity index (χ3n) is 2.89. The van der Waals surface area contributed by atoms with E-state index in [1.807, 2.05) is 42.8 Å². The Balaban J connectivity index is 1.66. The summed E-state index contributed by atoms with van der Waals surface area (Å²) in [5.41, 5.74) is 2.01. The first-order valence-corrected chi connectivity index (χ1v) is 7.38. The molecular formula is C15H14N4OS. The molecule has 0 aliphatic heterocycles. The molecule has 0 spiro atoms. The van der Waals surface area contributed by atoms with Gasteiger partial charge in [-0.15, -0.1) is 11.3 Å². The molecule has 0 aliphatic carbocycles. The van der Waals surface area contributed by atoms with Gasteiger partial charge >= 0.3 is 0 Å². The van der Waals surface area contributed by atoms with E-state index >= 15 is 0 Å². The maximum absolute atomic E-state index is 12.0. The summed E-state index contributed by atoms with van der Waals surface area (Å²) >= 11 is 1.43. The lowest BCUT2D eigenvalue weighted by Gasteiger charge is -2.01. The molecule has 1 N–H and O–H groups in total. The first-order valence-electron chi connectivity index (χ1n) is 6.50. The summed E-state index contributed by atoms with van der Waals surface area (Å²) in [6, 6.07) is 9.40. The summed E-state index contributed by atoms with van der Waals surface area (Å²) in [4.78, 5) is 17.0. The molecule has 3 heterocycles. The number of aryl methyl sites for hydroxylation is 1. The summed E-state index contributed by atoms with van der Waals surface area (Å²) < 4.78 is 1.75. The van der Waals surface area contributed by atoms with Crippen LogP contribution < -0.4 is 5.32 Å². The third-order valence-corrected chi connectivity index (χ3v) is 3.93. The second kappa shape index (κ2) is 5.88. The van der Waals surface area contributed by atoms with Crippen LogP contribution in [0.4, 0.5) is 5.82 Å². The van der Waals surface area contributed by atoms with E-state index in [1.165, 1.54) is 11.3 Å². The van der Waals surface area contributed by atoms with Gasteiger partial charge in [0.1, 0.15) is 0 Å². The lowest BCUT2D eigenvalue weighted by Crippen LogP contribution is -2.11. The number of hydrogen-bond acceptors (Lipinski definition) is 4. The first-order chi connectivity index (χ1) is 10.2. The van der Waals surface area contributed by atoms with Crippen molar-refractivity contribution in [2.75, 3.05) is 5.32 Å². The van der Waals surface area contributed by atoms with Gasteiger partial charge in [0.25, 0.3) is 5.91 Å². The van der Waals surface area contributed by atoms with E-state index in [9.17, 15) is 4.79 Å². The molecule has 1 amide bonds. The second-order valence-corrected chi connectivity index (χ2v) is 5.57. The fraction of sp³-hybridized carbons (Fsp3) is 0.133. The molecule has 0 aliphatic rings. The number of thiophene rings is 1. The molecule has 3 rings (SSSR count). The van der Waals surface area contributed by atoms with Crippen molar-refractivity contribution < 1.29 is 4.79 Å². The topological polar surface area (TPSA) is 59.8 Å². The molecule has 0 radical (unpaired) electrons. The van der Waals surface area contributed by atoms with Crippen LogP contribution in [0.15, 0.2) is 48.1 Å². The number of anilines is 1. The molecule has 106 valence electrons. The minimum atomic E-state index is -0.129. The largest absolute Gasteiger partial charge is 0.304 e. The second-order valence-electron chi connectivity index (χ2n) is 4.66. The van der Waals surface area contributed by atoms with Crippen LogP contribution in [0.25, 0.3) is 0 Å². The zero-order valence-corrected chi connectivity index (χ0v) is 12.3. The number of amides is 1. The zero-order valence-electron chi connectivity index (χ0n) is 11.5. The highest BCUT2D eigenvalue weighted by molar-refractivity contribution is 7.12. The number of carbonyl (C=O) groups excluding carboxylic acids is 1. The van der Waals surface area contributed by atoms with E-state index in [4.69, 9.17) is 0 Å². The van der Waals surface area contributed by atoms with E-state index in [0.717, 1.165) is 11.3 Å². The summed E-state index contributed by atoms with van der Waals surface area (Å²) in [5.74, 6) is 0.415. The van der Waals surface area contributed by atoms with Crippen molar-refractivity contribution in [3.63, 3.8) is 0 Å². The van der Waals surface area contributed by atoms with Crippen LogP contribution in [0.3, 0.4) is 0 Å². The number of rotatable bonds is 4. The molecule has 0 aromatic carbocycles. The Morgan fingerprint density at radius 2 is 2.29 bits per heavy atom. The molecule has 0 fully saturated rings. The first kappa shape index (κ1) is 13.5. The van der Waals surface area contributed by atoms with Crippen LogP contribution in [-0.4, -0.2) is 20.7 Å². The van der Waals surface area contributed by atoms with Gasteiger partial charge in [0.2, 0.25) is 0 Å². The predicted octanol–water partition coefficient (Wildman–Crippen LogP) is 2.95. The van der Waals surface area contributed by atoms with Gasteiger partial charge in [0, 0.05) is 18.5 Å². The van der Waals surface area contributed by atoms with Crippen LogP contribution in [0.2, 0.25) is 0 Å². The smallest absolute Gasteiger partial charge is 0.266 e. The molecule has 0 saturated carbocycles. The van der Waals surface area contributed by atoms with E-state index in [1.54, 1.807) is 16.9 Å². The van der Waals surface area contributed by atoms with Crippen LogP contribution in [0, 0.1) is 6.92 Å². The number of carbonyl (C=O) groups is 1. The van der Waals surface area contributed by atoms with Crippen LogP contribution in [-0.2, 0) is 6.54 Å². The molecule has 3 aromatic heterocycles. The average molecular weight is 298 g/mol. The highest BCUT2D eigenvalue weighted by Gasteiger charge is 2.10. The monoisotopic (exact) mass is 298 g/mol. The van der Waals surface area contributed by atoms with E-state index in [-0.39, 0.29) is 5.91 Å². The maximum Gasteiger partial charge on any atom is 0.266 e. The molecule has 0 atom stereocenters. The molecule has 6 heteroatoms. The number of aromatic nitrogens is 3. The molecule has 0 unspecified atom stereocenters. The maximum atomic E-state index is 12.0. The Labute approximate surface area is 126 Å². The van der Waals surface area contributed by atoms with Crippen molar-refractivity contribution in [3.05, 3.63) is 64.2 Å². The van der Waals surface area contributed by atoms with Crippen molar-refractivity contribution in [2.24, 2.45) is 0 Å². The normalized spacial score (nSPS) is 10.5. The highest BCUT2D eigenvalue weighted by atomic mass is 32.1. The Bertz CT molecular complexity index is 748. The summed E-state index contributed by atoms with van der Waals surface area (Å²) in [5, 5.41) is 9.08. The van der Waals surface area contributed by atoms with Crippen LogP contribution in [0.1, 0.15) is 20.9 Å². The zero-order chi connectivity index (χ0) is 14.7. The Kier molecular flexibility index (Phi) is 3.79. The Morgan fingerprint density at radius 3 is 3.00 bits per heavy atom. The summed E-state index contributed by atoms with van der Waals surface area (Å²) in [7, 11) is 0. The van der Waals surface area contributed by atoms with Gasteiger partial charge in [-0.3, -0.25) is 14.5 Å². The standard InChI is InChI=1S/C15H14N4OS/c1-11-8-13(21-10-11)15(20)17-14-5-7-19(18-14)9-12-4-2-3-6-16-12/h2-8,10H,9H2,1H3,(H,17,18,20). The summed E-state index contributed by atoms with van der Waals surface area (Å²) in [6.45, 7) is 2.55. The Hall–Kier alpha value is -2.47.